The van der Waals surface area contributed by atoms with Gasteiger partial charge >= 0.3 is 6.09 Å². The van der Waals surface area contributed by atoms with Crippen molar-refractivity contribution in [3.05, 3.63) is 65.7 Å². The van der Waals surface area contributed by atoms with Gasteiger partial charge in [-0.3, -0.25) is 5.43 Å². The lowest BCUT2D eigenvalue weighted by molar-refractivity contribution is -0.296. The molecule has 28 heavy (non-hydrogen) atoms. The Hall–Kier alpha value is -2.67. The average molecular weight is 386 g/mol. The lowest BCUT2D eigenvalue weighted by Gasteiger charge is -2.59. The SMILES string of the molecule is O=C1OC(c2ccc(F)cc2F)(C2CCC2)C2COC2N1Nc1ccccc1. The van der Waals surface area contributed by atoms with Gasteiger partial charge in [-0.05, 0) is 37.1 Å². The van der Waals surface area contributed by atoms with Gasteiger partial charge in [0.15, 0.2) is 11.8 Å². The Kier molecular flexibility index (Phi) is 4.01. The van der Waals surface area contributed by atoms with Crippen molar-refractivity contribution < 1.29 is 23.0 Å². The maximum absolute atomic E-state index is 14.8. The first kappa shape index (κ1) is 17.4. The number of benzene rings is 2. The monoisotopic (exact) mass is 386 g/mol. The molecule has 5 rings (SSSR count). The van der Waals surface area contributed by atoms with E-state index >= 15 is 0 Å². The molecular weight excluding hydrogens is 366 g/mol. The second kappa shape index (κ2) is 6.44. The molecule has 3 aliphatic rings. The van der Waals surface area contributed by atoms with Crippen molar-refractivity contribution in [2.45, 2.75) is 31.1 Å². The Bertz CT molecular complexity index is 906. The number of para-hydroxylation sites is 1. The first-order valence-electron chi connectivity index (χ1n) is 9.50. The maximum Gasteiger partial charge on any atom is 0.432 e. The number of hydrogen-bond donors (Lipinski definition) is 1. The van der Waals surface area contributed by atoms with Gasteiger partial charge in [0.25, 0.3) is 0 Å². The number of carbonyl (C=O) groups excluding carboxylic acids is 1. The Labute approximate surface area is 161 Å². The number of halogens is 2. The van der Waals surface area contributed by atoms with Gasteiger partial charge in [-0.1, -0.05) is 24.6 Å². The summed E-state index contributed by atoms with van der Waals surface area (Å²) in [6, 6.07) is 12.7. The summed E-state index contributed by atoms with van der Waals surface area (Å²) in [7, 11) is 0. The second-order valence-corrected chi connectivity index (χ2v) is 7.59. The van der Waals surface area contributed by atoms with Crippen LogP contribution >= 0.6 is 0 Å². The van der Waals surface area contributed by atoms with Crippen LogP contribution in [0.5, 0.6) is 0 Å². The third kappa shape index (κ3) is 2.49. The van der Waals surface area contributed by atoms with Crippen molar-refractivity contribution in [3.8, 4) is 0 Å². The van der Waals surface area contributed by atoms with E-state index < -0.39 is 29.6 Å². The van der Waals surface area contributed by atoms with Crippen molar-refractivity contribution in [1.29, 1.82) is 0 Å². The highest BCUT2D eigenvalue weighted by molar-refractivity contribution is 5.72. The largest absolute Gasteiger partial charge is 0.436 e. The predicted molar refractivity (Wildman–Crippen MR) is 97.0 cm³/mol. The minimum atomic E-state index is -1.13. The van der Waals surface area contributed by atoms with Gasteiger partial charge < -0.3 is 9.47 Å². The van der Waals surface area contributed by atoms with E-state index in [9.17, 15) is 13.6 Å². The standard InChI is InChI=1S/C21H20F2N2O3/c22-14-9-10-16(18(23)11-14)21(13-5-4-6-13)17-12-27-19(17)25(20(26)28-21)24-15-7-2-1-3-8-15/h1-3,7-11,13,17,19,24H,4-6,12H2. The van der Waals surface area contributed by atoms with Crippen LogP contribution in [-0.4, -0.2) is 23.9 Å². The Morgan fingerprint density at radius 3 is 2.50 bits per heavy atom. The van der Waals surface area contributed by atoms with Crippen LogP contribution in [0.2, 0.25) is 0 Å². The van der Waals surface area contributed by atoms with Crippen molar-refractivity contribution in [2.24, 2.45) is 11.8 Å². The molecule has 2 saturated heterocycles. The molecule has 3 unspecified atom stereocenters. The fourth-order valence-corrected chi connectivity index (χ4v) is 4.51. The number of nitrogens with zero attached hydrogens (tertiary/aromatic N) is 1. The predicted octanol–water partition coefficient (Wildman–Crippen LogP) is 4.41. The smallest absolute Gasteiger partial charge is 0.432 e. The van der Waals surface area contributed by atoms with Crippen LogP contribution in [0.3, 0.4) is 0 Å². The summed E-state index contributed by atoms with van der Waals surface area (Å²) in [4.78, 5) is 13.0. The van der Waals surface area contributed by atoms with Gasteiger partial charge in [0.1, 0.15) is 11.6 Å². The number of hydrogen-bond acceptors (Lipinski definition) is 4. The van der Waals surface area contributed by atoms with E-state index in [0.29, 0.717) is 6.61 Å². The average Bonchev–Trinajstić information content (AvgIpc) is 2.58. The molecule has 2 heterocycles. The zero-order valence-electron chi connectivity index (χ0n) is 15.1. The molecule has 2 aromatic carbocycles. The van der Waals surface area contributed by atoms with Crippen LogP contribution in [0.15, 0.2) is 48.5 Å². The molecule has 3 atom stereocenters. The highest BCUT2D eigenvalue weighted by Crippen LogP contribution is 2.56. The van der Waals surface area contributed by atoms with Crippen molar-refractivity contribution in [3.63, 3.8) is 0 Å². The molecule has 2 aromatic rings. The van der Waals surface area contributed by atoms with Crippen LogP contribution < -0.4 is 5.43 Å². The van der Waals surface area contributed by atoms with Gasteiger partial charge in [0.05, 0.1) is 18.2 Å². The van der Waals surface area contributed by atoms with Crippen molar-refractivity contribution in [1.82, 2.24) is 5.01 Å². The van der Waals surface area contributed by atoms with Crippen molar-refractivity contribution >= 4 is 11.8 Å². The van der Waals surface area contributed by atoms with Crippen LogP contribution in [-0.2, 0) is 15.1 Å². The van der Waals surface area contributed by atoms with Gasteiger partial charge in [0, 0.05) is 17.5 Å². The zero-order valence-corrected chi connectivity index (χ0v) is 15.1. The number of cyclic esters (lactones) is 1. The lowest BCUT2D eigenvalue weighted by Crippen LogP contribution is -2.71. The van der Waals surface area contributed by atoms with Gasteiger partial charge in [-0.15, -0.1) is 0 Å². The quantitative estimate of drug-likeness (QED) is 0.846. The molecule has 1 amide bonds. The molecule has 146 valence electrons. The number of anilines is 1. The molecule has 5 nitrogen and oxygen atoms in total. The van der Waals surface area contributed by atoms with E-state index in [2.05, 4.69) is 5.43 Å². The molecule has 0 aromatic heterocycles. The summed E-state index contributed by atoms with van der Waals surface area (Å²) >= 11 is 0. The topological polar surface area (TPSA) is 50.8 Å². The normalized spacial score (nSPS) is 29.4. The number of fused-ring (bicyclic) bond motifs is 1. The third-order valence-corrected chi connectivity index (χ3v) is 6.14. The summed E-state index contributed by atoms with van der Waals surface area (Å²) in [5, 5.41) is 1.32. The molecule has 1 N–H and O–H groups in total. The molecule has 0 radical (unpaired) electrons. The number of ether oxygens (including phenoxy) is 2. The first-order valence-corrected chi connectivity index (χ1v) is 9.50. The number of hydrazine groups is 1. The van der Waals surface area contributed by atoms with Gasteiger partial charge in [0.2, 0.25) is 0 Å². The third-order valence-electron chi connectivity index (χ3n) is 6.14. The molecule has 1 aliphatic carbocycles. The number of carbonyl (C=O) groups is 1. The van der Waals surface area contributed by atoms with Crippen LogP contribution in [0.4, 0.5) is 19.3 Å². The lowest BCUT2D eigenvalue weighted by atomic mass is 9.62. The molecule has 0 spiro atoms. The Balaban J connectivity index is 1.53. The molecule has 2 aliphatic heterocycles. The molecule has 0 bridgehead atoms. The molecular formula is C21H20F2N2O3. The summed E-state index contributed by atoms with van der Waals surface area (Å²) in [5.74, 6) is -1.59. The summed E-state index contributed by atoms with van der Waals surface area (Å²) in [6.45, 7) is 0.345. The van der Waals surface area contributed by atoms with E-state index in [-0.39, 0.29) is 17.4 Å². The molecule has 1 saturated carbocycles. The van der Waals surface area contributed by atoms with Crippen LogP contribution in [0.25, 0.3) is 0 Å². The highest BCUT2D eigenvalue weighted by atomic mass is 19.1. The zero-order chi connectivity index (χ0) is 19.3. The van der Waals surface area contributed by atoms with E-state index in [0.717, 1.165) is 31.0 Å². The van der Waals surface area contributed by atoms with Crippen molar-refractivity contribution in [2.75, 3.05) is 12.0 Å². The minimum absolute atomic E-state index is 0.00770. The number of amides is 1. The van der Waals surface area contributed by atoms with Crippen LogP contribution in [0, 0.1) is 23.5 Å². The minimum Gasteiger partial charge on any atom is -0.436 e. The van der Waals surface area contributed by atoms with Gasteiger partial charge in [-0.2, -0.15) is 5.01 Å². The molecule has 3 fully saturated rings. The Morgan fingerprint density at radius 2 is 1.89 bits per heavy atom. The van der Waals surface area contributed by atoms with E-state index in [1.807, 2.05) is 30.3 Å². The summed E-state index contributed by atoms with van der Waals surface area (Å²) in [6.07, 6.45) is 1.46. The molecule has 7 heteroatoms. The number of rotatable bonds is 4. The first-order chi connectivity index (χ1) is 13.6. The fourth-order valence-electron chi connectivity index (χ4n) is 4.51. The second-order valence-electron chi connectivity index (χ2n) is 7.59. The van der Waals surface area contributed by atoms with E-state index in [4.69, 9.17) is 9.47 Å². The summed E-state index contributed by atoms with van der Waals surface area (Å²) in [5.41, 5.74) is 2.86. The van der Waals surface area contributed by atoms with E-state index in [1.165, 1.54) is 17.1 Å². The van der Waals surface area contributed by atoms with Crippen LogP contribution in [0.1, 0.15) is 24.8 Å². The maximum atomic E-state index is 14.8. The van der Waals surface area contributed by atoms with Gasteiger partial charge in [-0.25, -0.2) is 13.6 Å². The summed E-state index contributed by atoms with van der Waals surface area (Å²) < 4.78 is 40.0. The number of nitrogens with one attached hydrogen (secondary N) is 1. The highest BCUT2D eigenvalue weighted by Gasteiger charge is 2.65. The fraction of sp³-hybridized carbons (Fsp3) is 0.381. The van der Waals surface area contributed by atoms with E-state index in [1.54, 1.807) is 0 Å². The Morgan fingerprint density at radius 1 is 1.11 bits per heavy atom.